The van der Waals surface area contributed by atoms with Gasteiger partial charge in [-0.2, -0.15) is 5.10 Å². The zero-order chi connectivity index (χ0) is 17.3. The first-order chi connectivity index (χ1) is 11.5. The van der Waals surface area contributed by atoms with E-state index in [-0.39, 0.29) is 29.2 Å². The van der Waals surface area contributed by atoms with Crippen molar-refractivity contribution < 1.29 is 14.5 Å². The van der Waals surface area contributed by atoms with Crippen LogP contribution in [0.1, 0.15) is 34.7 Å². The first kappa shape index (κ1) is 16.1. The molecule has 0 saturated carbocycles. The van der Waals surface area contributed by atoms with Crippen LogP contribution in [0.4, 0.5) is 5.69 Å². The van der Waals surface area contributed by atoms with Crippen molar-refractivity contribution >= 4 is 11.6 Å². The van der Waals surface area contributed by atoms with Crippen LogP contribution in [0.5, 0.6) is 0 Å². The number of rotatable bonds is 3. The number of ether oxygens (including phenoxy) is 1. The van der Waals surface area contributed by atoms with Crippen molar-refractivity contribution in [2.75, 3.05) is 13.2 Å². The Morgan fingerprint density at radius 3 is 2.79 bits per heavy atom. The zero-order valence-corrected chi connectivity index (χ0v) is 13.4. The molecule has 0 spiro atoms. The van der Waals surface area contributed by atoms with E-state index in [0.717, 1.165) is 5.56 Å². The fourth-order valence-corrected chi connectivity index (χ4v) is 2.91. The molecule has 3 rings (SSSR count). The van der Waals surface area contributed by atoms with Gasteiger partial charge in [-0.25, -0.2) is 0 Å². The number of carbonyl (C=O) groups excluding carboxylic acids is 1. The summed E-state index contributed by atoms with van der Waals surface area (Å²) in [4.78, 5) is 25.2. The molecule has 0 aliphatic carbocycles. The summed E-state index contributed by atoms with van der Waals surface area (Å²) in [5, 5.41) is 17.7. The lowest BCUT2D eigenvalue weighted by Crippen LogP contribution is -2.47. The number of aryl methyl sites for hydroxylation is 1. The summed E-state index contributed by atoms with van der Waals surface area (Å²) in [6, 6.07) is 9.19. The van der Waals surface area contributed by atoms with Gasteiger partial charge < -0.3 is 9.64 Å². The topological polar surface area (TPSA) is 101 Å². The quantitative estimate of drug-likeness (QED) is 0.687. The van der Waals surface area contributed by atoms with E-state index < -0.39 is 10.8 Å². The molecular weight excluding hydrogens is 312 g/mol. The van der Waals surface area contributed by atoms with Gasteiger partial charge in [-0.15, -0.1) is 0 Å². The number of nitrogens with one attached hydrogen (secondary N) is 1. The molecule has 0 radical (unpaired) electrons. The second-order valence-electron chi connectivity index (χ2n) is 5.83. The number of aromatic amines is 1. The number of amides is 1. The molecule has 1 aromatic heterocycles. The minimum atomic E-state index is -0.576. The van der Waals surface area contributed by atoms with E-state index in [0.29, 0.717) is 13.2 Å². The third-order valence-electron chi connectivity index (χ3n) is 4.11. The van der Waals surface area contributed by atoms with Crippen molar-refractivity contribution in [2.45, 2.75) is 26.0 Å². The Balaban J connectivity index is 1.98. The lowest BCUT2D eigenvalue weighted by atomic mass is 10.0. The van der Waals surface area contributed by atoms with E-state index in [4.69, 9.17) is 4.74 Å². The molecule has 8 heteroatoms. The third kappa shape index (κ3) is 2.88. The van der Waals surface area contributed by atoms with Crippen LogP contribution in [-0.4, -0.2) is 45.2 Å². The number of H-pyrrole nitrogens is 1. The van der Waals surface area contributed by atoms with Crippen molar-refractivity contribution in [3.8, 4) is 0 Å². The first-order valence-corrected chi connectivity index (χ1v) is 7.66. The minimum Gasteiger partial charge on any atom is -0.374 e. The second kappa shape index (κ2) is 6.40. The average molecular weight is 330 g/mol. The number of hydrogen-bond donors (Lipinski definition) is 1. The maximum Gasteiger partial charge on any atom is 0.322 e. The molecule has 24 heavy (non-hydrogen) atoms. The average Bonchev–Trinajstić information content (AvgIpc) is 2.96. The first-order valence-electron chi connectivity index (χ1n) is 7.66. The van der Waals surface area contributed by atoms with Gasteiger partial charge in [0, 0.05) is 6.54 Å². The van der Waals surface area contributed by atoms with Gasteiger partial charge in [-0.1, -0.05) is 30.3 Å². The fraction of sp³-hybridized carbons (Fsp3) is 0.375. The molecule has 1 amide bonds. The van der Waals surface area contributed by atoms with Gasteiger partial charge in [0.1, 0.15) is 5.69 Å². The predicted octanol–water partition coefficient (Wildman–Crippen LogP) is 2.23. The van der Waals surface area contributed by atoms with Crippen molar-refractivity contribution in [3.63, 3.8) is 0 Å². The molecule has 1 aliphatic rings. The summed E-state index contributed by atoms with van der Waals surface area (Å²) >= 11 is 0. The van der Waals surface area contributed by atoms with Gasteiger partial charge in [0.15, 0.2) is 0 Å². The van der Waals surface area contributed by atoms with Gasteiger partial charge in [-0.05, 0) is 19.4 Å². The van der Waals surface area contributed by atoms with Crippen molar-refractivity contribution in [3.05, 3.63) is 57.4 Å². The standard InChI is InChI=1S/C16H18N4O4/c1-10-8-19(13(9-24-10)12-6-4-3-5-7-12)16(21)14-15(20(22)23)11(2)17-18-14/h3-7,10,13H,8-9H2,1-2H3,(H,17,18)/t10-,13+/m0/s1. The fourth-order valence-electron chi connectivity index (χ4n) is 2.91. The molecule has 1 aromatic carbocycles. The normalized spacial score (nSPS) is 20.8. The Kier molecular flexibility index (Phi) is 4.30. The summed E-state index contributed by atoms with van der Waals surface area (Å²) in [5.74, 6) is -0.463. The number of morpholine rings is 1. The van der Waals surface area contributed by atoms with Crippen LogP contribution in [-0.2, 0) is 4.74 Å². The molecule has 8 nitrogen and oxygen atoms in total. The SMILES string of the molecule is Cc1[nH]nc(C(=O)N2C[C@H](C)OC[C@@H]2c2ccccc2)c1[N+](=O)[O-]. The van der Waals surface area contributed by atoms with E-state index in [1.807, 2.05) is 37.3 Å². The number of carbonyl (C=O) groups is 1. The van der Waals surface area contributed by atoms with Crippen LogP contribution >= 0.6 is 0 Å². The van der Waals surface area contributed by atoms with E-state index >= 15 is 0 Å². The smallest absolute Gasteiger partial charge is 0.322 e. The third-order valence-corrected chi connectivity index (χ3v) is 4.11. The van der Waals surface area contributed by atoms with Crippen LogP contribution < -0.4 is 0 Å². The van der Waals surface area contributed by atoms with Crippen LogP contribution in [0.3, 0.4) is 0 Å². The molecule has 2 aromatic rings. The van der Waals surface area contributed by atoms with Crippen LogP contribution in [0.2, 0.25) is 0 Å². The highest BCUT2D eigenvalue weighted by Gasteiger charge is 2.37. The lowest BCUT2D eigenvalue weighted by Gasteiger charge is -2.38. The van der Waals surface area contributed by atoms with E-state index in [9.17, 15) is 14.9 Å². The second-order valence-corrected chi connectivity index (χ2v) is 5.83. The van der Waals surface area contributed by atoms with Crippen LogP contribution in [0, 0.1) is 17.0 Å². The number of nitro groups is 1. The molecule has 2 atom stereocenters. The van der Waals surface area contributed by atoms with Gasteiger partial charge in [-0.3, -0.25) is 20.0 Å². The Morgan fingerprint density at radius 2 is 2.12 bits per heavy atom. The van der Waals surface area contributed by atoms with E-state index in [1.165, 1.54) is 6.92 Å². The highest BCUT2D eigenvalue weighted by atomic mass is 16.6. The summed E-state index contributed by atoms with van der Waals surface area (Å²) in [5.41, 5.74) is 0.757. The number of nitrogens with zero attached hydrogens (tertiary/aromatic N) is 3. The maximum atomic E-state index is 13.0. The molecule has 1 saturated heterocycles. The maximum absolute atomic E-state index is 13.0. The van der Waals surface area contributed by atoms with E-state index in [1.54, 1.807) is 4.90 Å². The molecule has 1 fully saturated rings. The monoisotopic (exact) mass is 330 g/mol. The zero-order valence-electron chi connectivity index (χ0n) is 13.4. The van der Waals surface area contributed by atoms with Crippen molar-refractivity contribution in [1.29, 1.82) is 0 Å². The molecule has 126 valence electrons. The van der Waals surface area contributed by atoms with Crippen molar-refractivity contribution in [1.82, 2.24) is 15.1 Å². The largest absolute Gasteiger partial charge is 0.374 e. The minimum absolute atomic E-state index is 0.145. The summed E-state index contributed by atoms with van der Waals surface area (Å²) in [6.07, 6.45) is -0.145. The molecular formula is C16H18N4O4. The number of hydrogen-bond acceptors (Lipinski definition) is 5. The van der Waals surface area contributed by atoms with Crippen molar-refractivity contribution in [2.24, 2.45) is 0 Å². The molecule has 0 bridgehead atoms. The summed E-state index contributed by atoms with van der Waals surface area (Å²) in [6.45, 7) is 4.08. The van der Waals surface area contributed by atoms with Gasteiger partial charge in [0.2, 0.25) is 5.69 Å². The van der Waals surface area contributed by atoms with Gasteiger partial charge in [0.25, 0.3) is 5.91 Å². The Labute approximate surface area is 138 Å². The molecule has 1 aliphatic heterocycles. The Morgan fingerprint density at radius 1 is 1.42 bits per heavy atom. The highest BCUT2D eigenvalue weighted by molar-refractivity contribution is 5.97. The Hall–Kier alpha value is -2.74. The van der Waals surface area contributed by atoms with Gasteiger partial charge >= 0.3 is 5.69 Å². The summed E-state index contributed by atoms with van der Waals surface area (Å²) < 4.78 is 5.69. The predicted molar refractivity (Wildman–Crippen MR) is 85.6 cm³/mol. The number of benzene rings is 1. The molecule has 1 N–H and O–H groups in total. The van der Waals surface area contributed by atoms with Gasteiger partial charge in [0.05, 0.1) is 23.7 Å². The van der Waals surface area contributed by atoms with Crippen LogP contribution in [0.25, 0.3) is 0 Å². The molecule has 0 unspecified atom stereocenters. The molecule has 2 heterocycles. The number of aromatic nitrogens is 2. The Bertz CT molecular complexity index is 759. The lowest BCUT2D eigenvalue weighted by molar-refractivity contribution is -0.385. The van der Waals surface area contributed by atoms with Crippen LogP contribution in [0.15, 0.2) is 30.3 Å². The summed E-state index contributed by atoms with van der Waals surface area (Å²) in [7, 11) is 0. The highest BCUT2D eigenvalue weighted by Crippen LogP contribution is 2.30. The van der Waals surface area contributed by atoms with E-state index in [2.05, 4.69) is 10.2 Å².